The Morgan fingerprint density at radius 3 is 1.77 bits per heavy atom. The average molecular weight is 382 g/mol. The summed E-state index contributed by atoms with van der Waals surface area (Å²) in [5, 5.41) is 0. The van der Waals surface area contributed by atoms with Crippen LogP contribution in [0.5, 0.6) is 0 Å². The van der Waals surface area contributed by atoms with Gasteiger partial charge >= 0.3 is 11.5 Å². The number of esters is 1. The van der Waals surface area contributed by atoms with Gasteiger partial charge in [0.25, 0.3) is 9.84 Å². The largest absolute Gasteiger partial charge is 0.497 e. The van der Waals surface area contributed by atoms with E-state index in [-0.39, 0.29) is 0 Å². The van der Waals surface area contributed by atoms with Crippen molar-refractivity contribution in [1.82, 2.24) is 0 Å². The number of hydrogen-bond donors (Lipinski definition) is 0. The number of cyclic esters (lactones) is 1. The smallest absolute Gasteiger partial charge is 0.429 e. The minimum Gasteiger partial charge on any atom is -0.429 e. The molecule has 1 aliphatic heterocycles. The van der Waals surface area contributed by atoms with Gasteiger partial charge < -0.3 is 4.74 Å². The molecule has 0 spiro atoms. The highest BCUT2D eigenvalue weighted by atomic mass is 32.2. The summed E-state index contributed by atoms with van der Waals surface area (Å²) in [7, 11) is -5.46. The molecule has 0 unspecified atom stereocenters. The zero-order valence-corrected chi connectivity index (χ0v) is 14.0. The van der Waals surface area contributed by atoms with Gasteiger partial charge in [-0.05, 0) is 17.2 Å². The highest BCUT2D eigenvalue weighted by molar-refractivity contribution is 7.92. The average Bonchev–Trinajstić information content (AvgIpc) is 2.92. The minimum absolute atomic E-state index is 0.468. The van der Waals surface area contributed by atoms with Crippen LogP contribution in [0.1, 0.15) is 11.1 Å². The van der Waals surface area contributed by atoms with E-state index in [0.717, 1.165) is 6.08 Å². The first kappa shape index (κ1) is 18.2. The van der Waals surface area contributed by atoms with Crippen molar-refractivity contribution in [2.45, 2.75) is 10.9 Å². The van der Waals surface area contributed by atoms with Gasteiger partial charge in [-0.3, -0.25) is 0 Å². The summed E-state index contributed by atoms with van der Waals surface area (Å²) in [6.45, 7) is 0. The molecule has 0 saturated heterocycles. The Kier molecular flexibility index (Phi) is 4.39. The molecule has 3 rings (SSSR count). The molecule has 0 fully saturated rings. The van der Waals surface area contributed by atoms with E-state index in [4.69, 9.17) is 4.74 Å². The standard InChI is InChI=1S/C18H13F3O4S/c19-18(20,21)26(23,24)12-15-11-17(16(22)25-15,13-7-3-1-4-8-13)14-9-5-2-6-10-14/h1-11H,12H2. The van der Waals surface area contributed by atoms with Crippen molar-refractivity contribution < 1.29 is 31.1 Å². The molecule has 0 atom stereocenters. The molecule has 1 aliphatic rings. The maximum absolute atomic E-state index is 12.7. The number of carbonyl (C=O) groups excluding carboxylic acids is 1. The summed E-state index contributed by atoms with van der Waals surface area (Å²) in [6.07, 6.45) is 1.16. The summed E-state index contributed by atoms with van der Waals surface area (Å²) in [5.41, 5.74) is -5.99. The lowest BCUT2D eigenvalue weighted by molar-refractivity contribution is -0.140. The Hall–Kier alpha value is -2.61. The lowest BCUT2D eigenvalue weighted by atomic mass is 9.75. The number of alkyl halides is 3. The van der Waals surface area contributed by atoms with Gasteiger partial charge in [-0.15, -0.1) is 0 Å². The van der Waals surface area contributed by atoms with Crippen LogP contribution in [-0.2, 0) is 24.8 Å². The molecule has 0 amide bonds. The third kappa shape index (κ3) is 3.01. The molecule has 4 nitrogen and oxygen atoms in total. The van der Waals surface area contributed by atoms with Crippen LogP contribution in [0.3, 0.4) is 0 Å². The molecule has 0 aromatic heterocycles. The highest BCUT2D eigenvalue weighted by Gasteiger charge is 2.51. The summed E-state index contributed by atoms with van der Waals surface area (Å²) in [4.78, 5) is 12.7. The van der Waals surface area contributed by atoms with E-state index in [1.54, 1.807) is 60.7 Å². The third-order valence-corrected chi connectivity index (χ3v) is 5.44. The van der Waals surface area contributed by atoms with Gasteiger partial charge in [0, 0.05) is 0 Å². The zero-order valence-electron chi connectivity index (χ0n) is 13.2. The van der Waals surface area contributed by atoms with Crippen molar-refractivity contribution >= 4 is 15.8 Å². The molecule has 0 bridgehead atoms. The highest BCUT2D eigenvalue weighted by Crippen LogP contribution is 2.41. The number of carbonyl (C=O) groups is 1. The maximum atomic E-state index is 12.7. The van der Waals surface area contributed by atoms with Crippen molar-refractivity contribution in [2.75, 3.05) is 5.75 Å². The van der Waals surface area contributed by atoms with Crippen molar-refractivity contribution in [3.63, 3.8) is 0 Å². The van der Waals surface area contributed by atoms with Crippen LogP contribution in [0.15, 0.2) is 72.5 Å². The molecule has 2 aromatic carbocycles. The second-order valence-electron chi connectivity index (χ2n) is 5.75. The molecule has 0 N–H and O–H groups in total. The van der Waals surface area contributed by atoms with Crippen LogP contribution in [-0.4, -0.2) is 25.6 Å². The number of benzene rings is 2. The lowest BCUT2D eigenvalue weighted by Gasteiger charge is -2.24. The molecule has 0 radical (unpaired) electrons. The molecular weight excluding hydrogens is 369 g/mol. The van der Waals surface area contributed by atoms with Crippen molar-refractivity contribution in [2.24, 2.45) is 0 Å². The van der Waals surface area contributed by atoms with Crippen LogP contribution in [0.25, 0.3) is 0 Å². The molecule has 0 saturated carbocycles. The van der Waals surface area contributed by atoms with Crippen LogP contribution in [0.2, 0.25) is 0 Å². The number of sulfone groups is 1. The fraction of sp³-hybridized carbons (Fsp3) is 0.167. The monoisotopic (exact) mass is 382 g/mol. The van der Waals surface area contributed by atoms with Gasteiger partial charge in [-0.25, -0.2) is 13.2 Å². The number of ether oxygens (including phenoxy) is 1. The van der Waals surface area contributed by atoms with E-state index in [9.17, 15) is 26.4 Å². The van der Waals surface area contributed by atoms with E-state index in [2.05, 4.69) is 0 Å². The Balaban J connectivity index is 2.14. The molecular formula is C18H13F3O4S. The molecule has 8 heteroatoms. The normalized spacial score (nSPS) is 16.9. The summed E-state index contributed by atoms with van der Waals surface area (Å²) in [6, 6.07) is 16.7. The van der Waals surface area contributed by atoms with E-state index in [0.29, 0.717) is 11.1 Å². The first-order valence-corrected chi connectivity index (χ1v) is 9.16. The predicted molar refractivity (Wildman–Crippen MR) is 87.7 cm³/mol. The maximum Gasteiger partial charge on any atom is 0.497 e. The van der Waals surface area contributed by atoms with Crippen molar-refractivity contribution in [3.05, 3.63) is 83.6 Å². The fourth-order valence-electron chi connectivity index (χ4n) is 2.84. The molecule has 26 heavy (non-hydrogen) atoms. The first-order chi connectivity index (χ1) is 12.2. The van der Waals surface area contributed by atoms with Gasteiger partial charge in [-0.2, -0.15) is 13.2 Å². The number of hydrogen-bond acceptors (Lipinski definition) is 4. The van der Waals surface area contributed by atoms with E-state index in [1.807, 2.05) is 0 Å². The second kappa shape index (κ2) is 6.28. The van der Waals surface area contributed by atoms with Crippen LogP contribution in [0, 0.1) is 0 Å². The van der Waals surface area contributed by atoms with Crippen LogP contribution in [0.4, 0.5) is 13.2 Å². The SMILES string of the molecule is O=C1OC(CS(=O)(=O)C(F)(F)F)=CC1(c1ccccc1)c1ccccc1. The Labute approximate surface area is 147 Å². The van der Waals surface area contributed by atoms with Gasteiger partial charge in [-0.1, -0.05) is 60.7 Å². The second-order valence-corrected chi connectivity index (χ2v) is 7.73. The van der Waals surface area contributed by atoms with Gasteiger partial charge in [0.05, 0.1) is 0 Å². The van der Waals surface area contributed by atoms with Gasteiger partial charge in [0.1, 0.15) is 16.9 Å². The Bertz CT molecular complexity index is 909. The molecule has 2 aromatic rings. The zero-order chi connectivity index (χ0) is 19.0. The van der Waals surface area contributed by atoms with E-state index >= 15 is 0 Å². The van der Waals surface area contributed by atoms with E-state index in [1.165, 1.54) is 0 Å². The van der Waals surface area contributed by atoms with Crippen LogP contribution >= 0.6 is 0 Å². The number of halogens is 3. The van der Waals surface area contributed by atoms with Crippen molar-refractivity contribution in [3.8, 4) is 0 Å². The first-order valence-electron chi connectivity index (χ1n) is 7.51. The van der Waals surface area contributed by atoms with Crippen LogP contribution < -0.4 is 0 Å². The fourth-order valence-corrected chi connectivity index (χ4v) is 3.52. The van der Waals surface area contributed by atoms with Crippen molar-refractivity contribution in [1.29, 1.82) is 0 Å². The van der Waals surface area contributed by atoms with Gasteiger partial charge in [0.2, 0.25) is 0 Å². The summed E-state index contributed by atoms with van der Waals surface area (Å²) < 4.78 is 65.8. The third-order valence-electron chi connectivity index (χ3n) is 4.07. The molecule has 1 heterocycles. The van der Waals surface area contributed by atoms with E-state index < -0.39 is 38.2 Å². The van der Waals surface area contributed by atoms with Gasteiger partial charge in [0.15, 0.2) is 0 Å². The molecule has 136 valence electrons. The summed E-state index contributed by atoms with van der Waals surface area (Å²) in [5.74, 6) is -2.81. The number of rotatable bonds is 4. The molecule has 0 aliphatic carbocycles. The Morgan fingerprint density at radius 1 is 0.885 bits per heavy atom. The lowest BCUT2D eigenvalue weighted by Crippen LogP contribution is -2.32. The minimum atomic E-state index is -5.46. The predicted octanol–water partition coefficient (Wildman–Crippen LogP) is 3.35. The Morgan fingerprint density at radius 2 is 1.35 bits per heavy atom. The summed E-state index contributed by atoms with van der Waals surface area (Å²) >= 11 is 0. The quantitative estimate of drug-likeness (QED) is 0.761. The topological polar surface area (TPSA) is 60.4 Å².